The van der Waals surface area contributed by atoms with Crippen LogP contribution in [0.3, 0.4) is 0 Å². The number of nitrogens with zero attached hydrogens (tertiary/aromatic N) is 1. The summed E-state index contributed by atoms with van der Waals surface area (Å²) in [4.78, 5) is 12.8. The Morgan fingerprint density at radius 3 is 2.36 bits per heavy atom. The normalized spacial score (nSPS) is 32.0. The van der Waals surface area contributed by atoms with Gasteiger partial charge in [0.1, 0.15) is 6.10 Å². The Balaban J connectivity index is 0.00000225. The zero-order valence-corrected chi connectivity index (χ0v) is 19.5. The molecule has 28 heavy (non-hydrogen) atoms. The Morgan fingerprint density at radius 1 is 1.07 bits per heavy atom. The fourth-order valence-corrected chi connectivity index (χ4v) is 5.86. The number of allylic oxidation sites excluding steroid dienone is 1. The number of halogens is 1. The lowest BCUT2D eigenvalue weighted by Gasteiger charge is -2.46. The number of hydrogen-bond donors (Lipinski definition) is 0. The number of benzene rings is 1. The van der Waals surface area contributed by atoms with Crippen molar-refractivity contribution >= 4 is 11.5 Å². The molecule has 154 valence electrons. The van der Waals surface area contributed by atoms with Crippen LogP contribution < -0.4 is 24.0 Å². The second-order valence-electron chi connectivity index (χ2n) is 8.96. The summed E-state index contributed by atoms with van der Waals surface area (Å²) in [6.45, 7) is 3.50. The number of rotatable bonds is 5. The van der Waals surface area contributed by atoms with Crippen molar-refractivity contribution in [2.75, 3.05) is 13.6 Å². The molecule has 2 aliphatic heterocycles. The summed E-state index contributed by atoms with van der Waals surface area (Å²) in [6, 6.07) is 11.9. The highest BCUT2D eigenvalue weighted by molar-refractivity contribution is 5.79. The summed E-state index contributed by atoms with van der Waals surface area (Å²) in [6.07, 6.45) is 9.87. The van der Waals surface area contributed by atoms with Crippen LogP contribution in [0.15, 0.2) is 35.9 Å². The lowest BCUT2D eigenvalue weighted by Crippen LogP contribution is -3.00. The van der Waals surface area contributed by atoms with Gasteiger partial charge in [-0.05, 0) is 43.7 Å². The summed E-state index contributed by atoms with van der Waals surface area (Å²) < 4.78 is 7.21. The topological polar surface area (TPSA) is 26.3 Å². The van der Waals surface area contributed by atoms with Crippen LogP contribution >= 0.6 is 0 Å². The Kier molecular flexibility index (Phi) is 7.24. The maximum absolute atomic E-state index is 12.8. The van der Waals surface area contributed by atoms with E-state index >= 15 is 0 Å². The lowest BCUT2D eigenvalue weighted by molar-refractivity contribution is -0.947. The molecule has 1 aliphatic carbocycles. The molecular formula is C24H34INO2. The minimum absolute atomic E-state index is 0. The molecule has 0 saturated carbocycles. The molecule has 1 aromatic carbocycles. The number of hydrogen-bond acceptors (Lipinski definition) is 2. The third-order valence-corrected chi connectivity index (χ3v) is 7.61. The average Bonchev–Trinajstić information content (AvgIpc) is 2.85. The maximum atomic E-state index is 12.8. The first-order valence-electron chi connectivity index (χ1n) is 10.9. The highest BCUT2D eigenvalue weighted by Crippen LogP contribution is 2.42. The fraction of sp³-hybridized carbons (Fsp3) is 0.625. The van der Waals surface area contributed by atoms with Gasteiger partial charge >= 0.3 is 5.97 Å². The molecule has 2 atom stereocenters. The number of esters is 1. The van der Waals surface area contributed by atoms with Crippen LogP contribution in [0.2, 0.25) is 0 Å². The quantitative estimate of drug-likeness (QED) is 0.356. The van der Waals surface area contributed by atoms with Gasteiger partial charge in [-0.2, -0.15) is 0 Å². The number of piperidine rings is 1. The maximum Gasteiger partial charge on any atom is 0.310 e. The van der Waals surface area contributed by atoms with Gasteiger partial charge in [-0.15, -0.1) is 0 Å². The van der Waals surface area contributed by atoms with Gasteiger partial charge in [0.25, 0.3) is 0 Å². The van der Waals surface area contributed by atoms with E-state index in [2.05, 4.69) is 44.3 Å². The zero-order chi connectivity index (χ0) is 18.9. The van der Waals surface area contributed by atoms with Crippen LogP contribution in [-0.4, -0.2) is 42.2 Å². The zero-order valence-electron chi connectivity index (χ0n) is 17.3. The number of quaternary nitrogens is 1. The van der Waals surface area contributed by atoms with Crippen molar-refractivity contribution in [3.05, 3.63) is 41.5 Å². The van der Waals surface area contributed by atoms with E-state index in [0.717, 1.165) is 25.7 Å². The summed E-state index contributed by atoms with van der Waals surface area (Å²) >= 11 is 0. The largest absolute Gasteiger partial charge is 1.00 e. The van der Waals surface area contributed by atoms with E-state index in [4.69, 9.17) is 4.74 Å². The van der Waals surface area contributed by atoms with E-state index in [1.54, 1.807) is 0 Å². The van der Waals surface area contributed by atoms with Gasteiger partial charge in [0, 0.05) is 25.7 Å². The molecule has 3 nitrogen and oxygen atoms in total. The van der Waals surface area contributed by atoms with Crippen molar-refractivity contribution in [1.82, 2.24) is 0 Å². The van der Waals surface area contributed by atoms with Crippen LogP contribution in [0.5, 0.6) is 0 Å². The Hall–Kier alpha value is -0.880. The Labute approximate surface area is 187 Å². The summed E-state index contributed by atoms with van der Waals surface area (Å²) in [5.41, 5.74) is 3.98. The van der Waals surface area contributed by atoms with E-state index in [1.165, 1.54) is 53.4 Å². The van der Waals surface area contributed by atoms with E-state index in [1.807, 2.05) is 0 Å². The van der Waals surface area contributed by atoms with Gasteiger partial charge in [-0.1, -0.05) is 35.9 Å². The minimum atomic E-state index is -0.00247. The smallest absolute Gasteiger partial charge is 0.310 e. The summed E-state index contributed by atoms with van der Waals surface area (Å²) in [7, 11) is 2.40. The van der Waals surface area contributed by atoms with E-state index in [-0.39, 0.29) is 36.0 Å². The highest BCUT2D eigenvalue weighted by atomic mass is 127. The molecular weight excluding hydrogens is 461 g/mol. The summed E-state index contributed by atoms with van der Waals surface area (Å²) in [5, 5.41) is 0. The van der Waals surface area contributed by atoms with Gasteiger partial charge in [-0.3, -0.25) is 4.79 Å². The molecule has 0 aromatic heterocycles. The first-order chi connectivity index (χ1) is 13.1. The van der Waals surface area contributed by atoms with E-state index in [0.29, 0.717) is 18.5 Å². The van der Waals surface area contributed by atoms with Crippen molar-refractivity contribution in [3.8, 4) is 0 Å². The molecule has 2 heterocycles. The molecule has 0 N–H and O–H groups in total. The third-order valence-electron chi connectivity index (χ3n) is 7.61. The molecule has 3 aliphatic rings. The van der Waals surface area contributed by atoms with Crippen molar-refractivity contribution in [3.63, 3.8) is 0 Å². The molecule has 0 radical (unpaired) electrons. The molecule has 2 bridgehead atoms. The standard InChI is InChI=1S/C24H34NO2.HI/c1-3-25(2)20-13-14-21(25)17-22(16-20)27-24(26)15-19-11-7-8-12-23(19)18-9-5-4-6-10-18;/h4-6,9-10,20-22H,3,7-8,11-17H2,1-2H3;1H/q+1;/p-1. The fourth-order valence-electron chi connectivity index (χ4n) is 5.86. The predicted octanol–water partition coefficient (Wildman–Crippen LogP) is 2.11. The third kappa shape index (κ3) is 4.33. The highest BCUT2D eigenvalue weighted by Gasteiger charge is 2.51. The predicted molar refractivity (Wildman–Crippen MR) is 109 cm³/mol. The van der Waals surface area contributed by atoms with Crippen molar-refractivity contribution in [2.45, 2.75) is 82.9 Å². The van der Waals surface area contributed by atoms with E-state index in [9.17, 15) is 4.79 Å². The second-order valence-corrected chi connectivity index (χ2v) is 8.96. The van der Waals surface area contributed by atoms with Gasteiger partial charge in [0.05, 0.1) is 32.1 Å². The van der Waals surface area contributed by atoms with Crippen LogP contribution in [-0.2, 0) is 9.53 Å². The van der Waals surface area contributed by atoms with Crippen molar-refractivity contribution in [2.24, 2.45) is 0 Å². The average molecular weight is 495 g/mol. The molecule has 4 heteroatoms. The van der Waals surface area contributed by atoms with Crippen LogP contribution in [0.4, 0.5) is 0 Å². The second kappa shape index (κ2) is 9.29. The molecule has 2 unspecified atom stereocenters. The van der Waals surface area contributed by atoms with Gasteiger partial charge < -0.3 is 33.2 Å². The monoisotopic (exact) mass is 495 g/mol. The molecule has 2 saturated heterocycles. The van der Waals surface area contributed by atoms with Crippen LogP contribution in [0, 0.1) is 0 Å². The van der Waals surface area contributed by atoms with Gasteiger partial charge in [0.15, 0.2) is 0 Å². The SMILES string of the molecule is CC[N+]1(C)C2CCC1CC(OC(=O)CC1=C(c3ccccc3)CCCC1)C2.[I-]. The Bertz CT molecular complexity index is 701. The molecule has 2 fully saturated rings. The van der Waals surface area contributed by atoms with Gasteiger partial charge in [-0.25, -0.2) is 0 Å². The van der Waals surface area contributed by atoms with Crippen LogP contribution in [0.1, 0.15) is 70.3 Å². The molecule has 0 spiro atoms. The van der Waals surface area contributed by atoms with Crippen molar-refractivity contribution in [1.29, 1.82) is 0 Å². The van der Waals surface area contributed by atoms with Gasteiger partial charge in [0.2, 0.25) is 0 Å². The minimum Gasteiger partial charge on any atom is -1.00 e. The molecule has 1 aromatic rings. The van der Waals surface area contributed by atoms with Crippen molar-refractivity contribution < 1.29 is 38.0 Å². The lowest BCUT2D eigenvalue weighted by atomic mass is 9.86. The first-order valence-corrected chi connectivity index (χ1v) is 10.9. The van der Waals surface area contributed by atoms with E-state index < -0.39 is 0 Å². The molecule has 0 amide bonds. The Morgan fingerprint density at radius 2 is 1.71 bits per heavy atom. The molecule has 4 rings (SSSR count). The number of carbonyl (C=O) groups excluding carboxylic acids is 1. The van der Waals surface area contributed by atoms with Crippen LogP contribution in [0.25, 0.3) is 5.57 Å². The number of fused-ring (bicyclic) bond motifs is 2. The number of ether oxygens (including phenoxy) is 1. The number of carbonyl (C=O) groups is 1. The first kappa shape index (κ1) is 21.8. The summed E-state index contributed by atoms with van der Waals surface area (Å²) in [5.74, 6) is -0.00247.